The van der Waals surface area contributed by atoms with Gasteiger partial charge in [0, 0.05) is 31.4 Å². The Bertz CT molecular complexity index is 872. The Kier molecular flexibility index (Phi) is 11.0. The van der Waals surface area contributed by atoms with Crippen LogP contribution in [0.25, 0.3) is 0 Å². The lowest BCUT2D eigenvalue weighted by atomic mass is 10.1. The normalized spacial score (nSPS) is 10.1. The molecule has 3 N–H and O–H groups in total. The van der Waals surface area contributed by atoms with Gasteiger partial charge in [0.25, 0.3) is 0 Å². The predicted molar refractivity (Wildman–Crippen MR) is 120 cm³/mol. The number of amides is 3. The Labute approximate surface area is 187 Å². The van der Waals surface area contributed by atoms with Gasteiger partial charge in [-0.05, 0) is 37.0 Å². The van der Waals surface area contributed by atoms with Gasteiger partial charge in [0.1, 0.15) is 0 Å². The van der Waals surface area contributed by atoms with Crippen molar-refractivity contribution in [3.8, 4) is 0 Å². The zero-order valence-electron chi connectivity index (χ0n) is 18.0. The lowest BCUT2D eigenvalue weighted by Crippen LogP contribution is -2.41. The highest BCUT2D eigenvalue weighted by Gasteiger charge is 2.10. The summed E-state index contributed by atoms with van der Waals surface area (Å²) in [7, 11) is 0. The smallest absolute Gasteiger partial charge is 0.305 e. The average Bonchev–Trinajstić information content (AvgIpc) is 2.80. The highest BCUT2D eigenvalue weighted by molar-refractivity contribution is 5.93. The number of ether oxygens (including phenoxy) is 1. The molecule has 8 nitrogen and oxygen atoms in total. The SMILES string of the molecule is O=C(CCCC(=O)OCCCc1ccccc1)NNC(=O)CCC(=O)Nc1ccccc1. The van der Waals surface area contributed by atoms with Crippen LogP contribution in [-0.4, -0.2) is 30.3 Å². The minimum atomic E-state index is -0.473. The largest absolute Gasteiger partial charge is 0.466 e. The monoisotopic (exact) mass is 439 g/mol. The van der Waals surface area contributed by atoms with Crippen molar-refractivity contribution in [2.45, 2.75) is 44.9 Å². The average molecular weight is 440 g/mol. The highest BCUT2D eigenvalue weighted by atomic mass is 16.5. The van der Waals surface area contributed by atoms with E-state index >= 15 is 0 Å². The second-order valence-electron chi connectivity index (χ2n) is 7.17. The molecule has 0 saturated carbocycles. The number of nitrogens with one attached hydrogen (secondary N) is 3. The summed E-state index contributed by atoms with van der Waals surface area (Å²) in [6, 6.07) is 18.9. The van der Waals surface area contributed by atoms with E-state index in [1.54, 1.807) is 24.3 Å². The highest BCUT2D eigenvalue weighted by Crippen LogP contribution is 2.06. The van der Waals surface area contributed by atoms with Crippen molar-refractivity contribution in [3.63, 3.8) is 0 Å². The van der Waals surface area contributed by atoms with Crippen molar-refractivity contribution in [1.82, 2.24) is 10.9 Å². The third-order valence-electron chi connectivity index (χ3n) is 4.48. The summed E-state index contributed by atoms with van der Waals surface area (Å²) in [6.45, 7) is 0.341. The molecule has 0 aliphatic heterocycles. The molecule has 0 radical (unpaired) electrons. The lowest BCUT2D eigenvalue weighted by molar-refractivity contribution is -0.144. The summed E-state index contributed by atoms with van der Waals surface area (Å²) < 4.78 is 5.16. The fourth-order valence-corrected chi connectivity index (χ4v) is 2.81. The number of hydrogen-bond acceptors (Lipinski definition) is 5. The van der Waals surface area contributed by atoms with E-state index in [9.17, 15) is 19.2 Å². The standard InChI is InChI=1S/C24H29N3O5/c28-21(25-20-12-5-2-6-13-20)16-17-23(30)27-26-22(29)14-7-15-24(31)32-18-8-11-19-9-3-1-4-10-19/h1-6,9-10,12-13H,7-8,11,14-18H2,(H,25,28)(H,26,29)(H,27,30). The molecule has 0 spiro atoms. The maximum Gasteiger partial charge on any atom is 0.305 e. The fourth-order valence-electron chi connectivity index (χ4n) is 2.81. The van der Waals surface area contributed by atoms with Gasteiger partial charge in [0.05, 0.1) is 6.61 Å². The maximum absolute atomic E-state index is 11.8. The molecule has 0 fully saturated rings. The Morgan fingerprint density at radius 2 is 1.25 bits per heavy atom. The molecule has 0 atom stereocenters. The van der Waals surface area contributed by atoms with E-state index in [0.717, 1.165) is 12.8 Å². The van der Waals surface area contributed by atoms with Crippen LogP contribution < -0.4 is 16.2 Å². The molecule has 32 heavy (non-hydrogen) atoms. The van der Waals surface area contributed by atoms with Crippen LogP contribution in [0.2, 0.25) is 0 Å². The molecule has 0 unspecified atom stereocenters. The summed E-state index contributed by atoms with van der Waals surface area (Å²) in [5.41, 5.74) is 6.39. The fraction of sp³-hybridized carbons (Fsp3) is 0.333. The molecule has 0 bridgehead atoms. The first-order valence-electron chi connectivity index (χ1n) is 10.6. The van der Waals surface area contributed by atoms with Crippen molar-refractivity contribution in [3.05, 3.63) is 66.2 Å². The molecule has 2 aromatic rings. The minimum absolute atomic E-state index is 0.00723. The number of benzene rings is 2. The molecule has 3 amide bonds. The van der Waals surface area contributed by atoms with Crippen LogP contribution in [0.5, 0.6) is 0 Å². The molecular formula is C24H29N3O5. The Hall–Kier alpha value is -3.68. The molecule has 0 aromatic heterocycles. The number of carbonyl (C=O) groups is 4. The van der Waals surface area contributed by atoms with Gasteiger partial charge in [-0.2, -0.15) is 0 Å². The topological polar surface area (TPSA) is 114 Å². The van der Waals surface area contributed by atoms with Gasteiger partial charge in [-0.15, -0.1) is 0 Å². The van der Waals surface area contributed by atoms with E-state index in [1.165, 1.54) is 5.56 Å². The summed E-state index contributed by atoms with van der Waals surface area (Å²) in [4.78, 5) is 47.0. The third-order valence-corrected chi connectivity index (χ3v) is 4.48. The second kappa shape index (κ2) is 14.3. The number of carbonyl (C=O) groups excluding carboxylic acids is 4. The maximum atomic E-state index is 11.8. The first-order valence-corrected chi connectivity index (χ1v) is 10.6. The zero-order chi connectivity index (χ0) is 23.0. The number of hydrogen-bond donors (Lipinski definition) is 3. The third kappa shape index (κ3) is 10.9. The van der Waals surface area contributed by atoms with Crippen LogP contribution in [0, 0.1) is 0 Å². The number of rotatable bonds is 12. The van der Waals surface area contributed by atoms with Crippen LogP contribution in [-0.2, 0) is 30.3 Å². The predicted octanol–water partition coefficient (Wildman–Crippen LogP) is 2.90. The molecule has 0 heterocycles. The number of para-hydroxylation sites is 1. The van der Waals surface area contributed by atoms with Gasteiger partial charge < -0.3 is 10.1 Å². The van der Waals surface area contributed by atoms with Crippen LogP contribution >= 0.6 is 0 Å². The van der Waals surface area contributed by atoms with Gasteiger partial charge in [-0.1, -0.05) is 48.5 Å². The Balaban J connectivity index is 1.47. The molecule has 0 saturated heterocycles. The first-order chi connectivity index (χ1) is 15.5. The van der Waals surface area contributed by atoms with E-state index in [0.29, 0.717) is 18.7 Å². The first kappa shape index (κ1) is 24.6. The Morgan fingerprint density at radius 3 is 1.94 bits per heavy atom. The van der Waals surface area contributed by atoms with Crippen LogP contribution in [0.4, 0.5) is 5.69 Å². The van der Waals surface area contributed by atoms with Crippen molar-refractivity contribution >= 4 is 29.4 Å². The molecule has 2 aromatic carbocycles. The van der Waals surface area contributed by atoms with Gasteiger partial charge in [-0.25, -0.2) is 0 Å². The summed E-state index contributed by atoms with van der Waals surface area (Å²) in [5.74, 6) is -1.53. The van der Waals surface area contributed by atoms with Crippen LogP contribution in [0.3, 0.4) is 0 Å². The van der Waals surface area contributed by atoms with Crippen LogP contribution in [0.1, 0.15) is 44.1 Å². The molecule has 170 valence electrons. The van der Waals surface area contributed by atoms with Crippen molar-refractivity contribution in [2.24, 2.45) is 0 Å². The van der Waals surface area contributed by atoms with E-state index in [1.807, 2.05) is 36.4 Å². The summed E-state index contributed by atoms with van der Waals surface area (Å²) in [6.07, 6.45) is 2.04. The van der Waals surface area contributed by atoms with Crippen molar-refractivity contribution in [1.29, 1.82) is 0 Å². The van der Waals surface area contributed by atoms with E-state index in [-0.39, 0.29) is 37.6 Å². The quantitative estimate of drug-likeness (QED) is 0.267. The van der Waals surface area contributed by atoms with Gasteiger partial charge in [0.2, 0.25) is 17.7 Å². The minimum Gasteiger partial charge on any atom is -0.466 e. The van der Waals surface area contributed by atoms with Crippen molar-refractivity contribution < 1.29 is 23.9 Å². The van der Waals surface area contributed by atoms with Crippen LogP contribution in [0.15, 0.2) is 60.7 Å². The van der Waals surface area contributed by atoms with Gasteiger partial charge in [0.15, 0.2) is 0 Å². The molecular weight excluding hydrogens is 410 g/mol. The van der Waals surface area contributed by atoms with Gasteiger partial charge in [-0.3, -0.25) is 30.0 Å². The Morgan fingerprint density at radius 1 is 0.656 bits per heavy atom. The number of hydrazine groups is 1. The zero-order valence-corrected chi connectivity index (χ0v) is 18.0. The molecule has 0 aliphatic rings. The van der Waals surface area contributed by atoms with Gasteiger partial charge >= 0.3 is 5.97 Å². The number of anilines is 1. The number of aryl methyl sites for hydroxylation is 1. The summed E-state index contributed by atoms with van der Waals surface area (Å²) >= 11 is 0. The number of esters is 1. The van der Waals surface area contributed by atoms with E-state index < -0.39 is 11.8 Å². The molecule has 0 aliphatic carbocycles. The lowest BCUT2D eigenvalue weighted by Gasteiger charge is -2.08. The van der Waals surface area contributed by atoms with E-state index in [2.05, 4.69) is 16.2 Å². The molecule has 8 heteroatoms. The molecule has 2 rings (SSSR count). The second-order valence-corrected chi connectivity index (χ2v) is 7.17. The summed E-state index contributed by atoms with van der Waals surface area (Å²) in [5, 5.41) is 2.68. The van der Waals surface area contributed by atoms with E-state index in [4.69, 9.17) is 4.74 Å². The van der Waals surface area contributed by atoms with Crippen molar-refractivity contribution in [2.75, 3.05) is 11.9 Å².